The third kappa shape index (κ3) is 55.6. The Balaban J connectivity index is 4.30. The number of hydrogen-bond donors (Lipinski definition) is 0. The second-order valence-electron chi connectivity index (χ2n) is 22.9. The van der Waals surface area contributed by atoms with Crippen LogP contribution in [0.5, 0.6) is 0 Å². The zero-order valence-electron chi connectivity index (χ0n) is 47.6. The minimum Gasteiger partial charge on any atom is -0.462 e. The van der Waals surface area contributed by atoms with Gasteiger partial charge in [-0.3, -0.25) is 14.4 Å². The van der Waals surface area contributed by atoms with E-state index in [9.17, 15) is 14.4 Å². The molecule has 6 heteroatoms. The van der Waals surface area contributed by atoms with Crippen LogP contribution in [0.1, 0.15) is 350 Å². The Kier molecular flexibility index (Phi) is 52.9. The van der Waals surface area contributed by atoms with Gasteiger partial charge >= 0.3 is 17.9 Å². The lowest BCUT2D eigenvalue weighted by Gasteiger charge is -2.18. The molecule has 0 aromatic heterocycles. The first-order valence-corrected chi connectivity index (χ1v) is 31.1. The smallest absolute Gasteiger partial charge is 0.306 e. The summed E-state index contributed by atoms with van der Waals surface area (Å²) in [5, 5.41) is 0. The van der Waals surface area contributed by atoms with Crippen LogP contribution in [0.3, 0.4) is 0 Å². The molecule has 0 heterocycles. The summed E-state index contributed by atoms with van der Waals surface area (Å²) in [5.41, 5.74) is 0. The lowest BCUT2D eigenvalue weighted by molar-refractivity contribution is -0.167. The first kappa shape index (κ1) is 67.4. The molecule has 0 aliphatic heterocycles. The highest BCUT2D eigenvalue weighted by Gasteiger charge is 2.19. The minimum absolute atomic E-state index is 0.0628. The van der Waals surface area contributed by atoms with Crippen molar-refractivity contribution in [3.8, 4) is 0 Å². The highest BCUT2D eigenvalue weighted by atomic mass is 16.6. The van der Waals surface area contributed by atoms with E-state index in [2.05, 4.69) is 41.5 Å². The van der Waals surface area contributed by atoms with Gasteiger partial charge in [0, 0.05) is 19.3 Å². The summed E-state index contributed by atoms with van der Waals surface area (Å²) in [6.07, 6.45) is 58.0. The van der Waals surface area contributed by atoms with E-state index in [1.165, 1.54) is 231 Å². The van der Waals surface area contributed by atoms with E-state index in [-0.39, 0.29) is 31.1 Å². The molecule has 0 aromatic rings. The average molecular weight is 976 g/mol. The second kappa shape index (κ2) is 54.2. The topological polar surface area (TPSA) is 78.9 Å². The Morgan fingerprint density at radius 3 is 0.754 bits per heavy atom. The van der Waals surface area contributed by atoms with Gasteiger partial charge in [-0.05, 0) is 37.0 Å². The van der Waals surface area contributed by atoms with Crippen molar-refractivity contribution in [3.63, 3.8) is 0 Å². The number of rotatable bonds is 56. The third-order valence-corrected chi connectivity index (χ3v) is 14.8. The van der Waals surface area contributed by atoms with E-state index in [1.807, 2.05) is 0 Å². The molecule has 0 spiro atoms. The lowest BCUT2D eigenvalue weighted by Crippen LogP contribution is -2.30. The van der Waals surface area contributed by atoms with E-state index in [4.69, 9.17) is 14.2 Å². The molecule has 0 fully saturated rings. The molecular formula is C63H122O6. The van der Waals surface area contributed by atoms with Crippen LogP contribution in [0.2, 0.25) is 0 Å². The van der Waals surface area contributed by atoms with Crippen LogP contribution in [0.15, 0.2) is 0 Å². The van der Waals surface area contributed by atoms with Crippen molar-refractivity contribution in [1.29, 1.82) is 0 Å². The van der Waals surface area contributed by atoms with Gasteiger partial charge < -0.3 is 14.2 Å². The number of ether oxygens (including phenoxy) is 3. The zero-order valence-corrected chi connectivity index (χ0v) is 47.6. The lowest BCUT2D eigenvalue weighted by atomic mass is 9.99. The first-order valence-electron chi connectivity index (χ1n) is 31.1. The molecule has 2 atom stereocenters. The van der Waals surface area contributed by atoms with Crippen molar-refractivity contribution >= 4 is 17.9 Å². The Morgan fingerprint density at radius 1 is 0.290 bits per heavy atom. The summed E-state index contributed by atoms with van der Waals surface area (Å²) in [4.78, 5) is 38.3. The van der Waals surface area contributed by atoms with Gasteiger partial charge in [-0.15, -0.1) is 0 Å². The zero-order chi connectivity index (χ0) is 50.5. The van der Waals surface area contributed by atoms with E-state index in [0.29, 0.717) is 19.3 Å². The SMILES string of the molecule is CCC(C)CCCCCCCCCCCCCCCCC(=O)O[C@H](COC(=O)CCCCCCCCCCCCCCCCCC(C)C)COC(=O)CCCCCCCCCCCCCCC(C)C. The fraction of sp³-hybridized carbons (Fsp3) is 0.952. The van der Waals surface area contributed by atoms with E-state index in [1.54, 1.807) is 0 Å². The summed E-state index contributed by atoms with van der Waals surface area (Å²) < 4.78 is 16.9. The fourth-order valence-electron chi connectivity index (χ4n) is 9.67. The predicted octanol–water partition coefficient (Wildman–Crippen LogP) is 20.7. The molecule has 0 aliphatic rings. The summed E-state index contributed by atoms with van der Waals surface area (Å²) in [5.74, 6) is 1.74. The van der Waals surface area contributed by atoms with Crippen molar-refractivity contribution < 1.29 is 28.6 Å². The van der Waals surface area contributed by atoms with Gasteiger partial charge in [-0.25, -0.2) is 0 Å². The summed E-state index contributed by atoms with van der Waals surface area (Å²) >= 11 is 0. The molecular weight excluding hydrogens is 853 g/mol. The maximum atomic E-state index is 12.9. The monoisotopic (exact) mass is 975 g/mol. The van der Waals surface area contributed by atoms with Crippen LogP contribution in [0.25, 0.3) is 0 Å². The van der Waals surface area contributed by atoms with Crippen LogP contribution in [0, 0.1) is 17.8 Å². The van der Waals surface area contributed by atoms with Gasteiger partial charge in [0.1, 0.15) is 13.2 Å². The molecule has 0 saturated heterocycles. The highest BCUT2D eigenvalue weighted by molar-refractivity contribution is 5.71. The van der Waals surface area contributed by atoms with Crippen molar-refractivity contribution in [2.75, 3.05) is 13.2 Å². The van der Waals surface area contributed by atoms with Crippen molar-refractivity contribution in [1.82, 2.24) is 0 Å². The maximum Gasteiger partial charge on any atom is 0.306 e. The van der Waals surface area contributed by atoms with Crippen molar-refractivity contribution in [2.24, 2.45) is 17.8 Å². The Bertz CT molecular complexity index is 1070. The molecule has 0 radical (unpaired) electrons. The Labute approximate surface area is 431 Å². The molecule has 0 aromatic carbocycles. The van der Waals surface area contributed by atoms with Crippen LogP contribution in [0.4, 0.5) is 0 Å². The molecule has 0 amide bonds. The van der Waals surface area contributed by atoms with Gasteiger partial charge in [-0.1, -0.05) is 311 Å². The van der Waals surface area contributed by atoms with Crippen molar-refractivity contribution in [2.45, 2.75) is 356 Å². The van der Waals surface area contributed by atoms with Crippen LogP contribution in [-0.2, 0) is 28.6 Å². The fourth-order valence-corrected chi connectivity index (χ4v) is 9.67. The Hall–Kier alpha value is -1.59. The number of esters is 3. The predicted molar refractivity (Wildman–Crippen MR) is 298 cm³/mol. The highest BCUT2D eigenvalue weighted by Crippen LogP contribution is 2.19. The number of carbonyl (C=O) groups excluding carboxylic acids is 3. The molecule has 69 heavy (non-hydrogen) atoms. The van der Waals surface area contributed by atoms with Gasteiger partial charge in [0.2, 0.25) is 0 Å². The molecule has 0 saturated carbocycles. The average Bonchev–Trinajstić information content (AvgIpc) is 3.32. The standard InChI is InChI=1S/C63H122O6/c1-7-59(6)51-45-39-33-27-21-14-11-12-16-24-30-36-42-48-54-63(66)69-60(56-68-62(65)53-47-41-35-29-23-18-17-20-26-32-38-44-50-58(4)5)55-67-61(64)52-46-40-34-28-22-15-10-8-9-13-19-25-31-37-43-49-57(2)3/h57-60H,7-56H2,1-6H3/t59?,60-/m1/s1. The van der Waals surface area contributed by atoms with Gasteiger partial charge in [-0.2, -0.15) is 0 Å². The Morgan fingerprint density at radius 2 is 0.507 bits per heavy atom. The maximum absolute atomic E-state index is 12.9. The summed E-state index contributed by atoms with van der Waals surface area (Å²) in [7, 11) is 0. The third-order valence-electron chi connectivity index (χ3n) is 14.8. The van der Waals surface area contributed by atoms with Gasteiger partial charge in [0.15, 0.2) is 6.10 Å². The quantitative estimate of drug-likeness (QED) is 0.0343. The largest absolute Gasteiger partial charge is 0.462 e. The molecule has 0 rings (SSSR count). The van der Waals surface area contributed by atoms with E-state index >= 15 is 0 Å². The summed E-state index contributed by atoms with van der Waals surface area (Å²) in [6.45, 7) is 13.8. The molecule has 6 nitrogen and oxygen atoms in total. The van der Waals surface area contributed by atoms with Gasteiger partial charge in [0.05, 0.1) is 0 Å². The molecule has 1 unspecified atom stereocenters. The van der Waals surface area contributed by atoms with E-state index < -0.39 is 6.10 Å². The van der Waals surface area contributed by atoms with Crippen LogP contribution >= 0.6 is 0 Å². The number of hydrogen-bond acceptors (Lipinski definition) is 6. The van der Waals surface area contributed by atoms with E-state index in [0.717, 1.165) is 75.5 Å². The summed E-state index contributed by atoms with van der Waals surface area (Å²) in [6, 6.07) is 0. The normalized spacial score (nSPS) is 12.5. The molecule has 410 valence electrons. The second-order valence-corrected chi connectivity index (χ2v) is 22.9. The van der Waals surface area contributed by atoms with Crippen LogP contribution in [-0.4, -0.2) is 37.2 Å². The number of unbranched alkanes of at least 4 members (excludes halogenated alkanes) is 38. The van der Waals surface area contributed by atoms with Crippen LogP contribution < -0.4 is 0 Å². The molecule has 0 N–H and O–H groups in total. The minimum atomic E-state index is -0.764. The van der Waals surface area contributed by atoms with Gasteiger partial charge in [0.25, 0.3) is 0 Å². The van der Waals surface area contributed by atoms with Crippen molar-refractivity contribution in [3.05, 3.63) is 0 Å². The molecule has 0 aliphatic carbocycles. The molecule has 0 bridgehead atoms. The first-order chi connectivity index (χ1) is 33.6. The number of carbonyl (C=O) groups is 3.